The van der Waals surface area contributed by atoms with Gasteiger partial charge in [0.1, 0.15) is 18.0 Å². The molecular weight excluding hydrogens is 254 g/mol. The number of hydrogen-bond donors (Lipinski definition) is 1. The maximum atomic E-state index is 11.1. The number of hydrogen-bond acceptors (Lipinski definition) is 6. The first kappa shape index (κ1) is 13.2. The van der Waals surface area contributed by atoms with Gasteiger partial charge in [-0.2, -0.15) is 10.5 Å². The van der Waals surface area contributed by atoms with Gasteiger partial charge >= 0.3 is 0 Å². The lowest BCUT2D eigenvalue weighted by molar-refractivity contribution is 0.112. The zero-order valence-corrected chi connectivity index (χ0v) is 10.6. The molecular formula is C14H9N5O. The summed E-state index contributed by atoms with van der Waals surface area (Å²) in [5.74, 6) is -0.0176. The van der Waals surface area contributed by atoms with Gasteiger partial charge in [-0.1, -0.05) is 12.1 Å². The monoisotopic (exact) mass is 263 g/mol. The van der Waals surface area contributed by atoms with Gasteiger partial charge in [-0.3, -0.25) is 4.79 Å². The molecule has 2 aromatic rings. The summed E-state index contributed by atoms with van der Waals surface area (Å²) in [6.45, 7) is 1.92. The van der Waals surface area contributed by atoms with Crippen LogP contribution in [0, 0.1) is 29.6 Å². The highest BCUT2D eigenvalue weighted by atomic mass is 16.1. The van der Waals surface area contributed by atoms with Crippen LogP contribution in [0.5, 0.6) is 0 Å². The van der Waals surface area contributed by atoms with E-state index in [0.29, 0.717) is 12.0 Å². The Labute approximate surface area is 115 Å². The van der Waals surface area contributed by atoms with Crippen LogP contribution in [-0.4, -0.2) is 16.3 Å². The number of rotatable bonds is 3. The molecule has 20 heavy (non-hydrogen) atoms. The number of aldehydes is 1. The number of benzene rings is 1. The van der Waals surface area contributed by atoms with Crippen molar-refractivity contribution in [2.45, 2.75) is 6.92 Å². The highest BCUT2D eigenvalue weighted by molar-refractivity contribution is 5.87. The van der Waals surface area contributed by atoms with Gasteiger partial charge in [0.15, 0.2) is 12.0 Å². The summed E-state index contributed by atoms with van der Waals surface area (Å²) in [6.07, 6.45) is 0.498. The van der Waals surface area contributed by atoms with Crippen molar-refractivity contribution >= 4 is 17.8 Å². The number of anilines is 2. The third kappa shape index (κ3) is 2.60. The van der Waals surface area contributed by atoms with Gasteiger partial charge in [-0.15, -0.1) is 0 Å². The average molecular weight is 263 g/mol. The second-order valence-electron chi connectivity index (χ2n) is 3.99. The van der Waals surface area contributed by atoms with Crippen molar-refractivity contribution in [3.05, 3.63) is 46.9 Å². The number of nitrogens with one attached hydrogen (secondary N) is 1. The Morgan fingerprint density at radius 1 is 1.25 bits per heavy atom. The molecule has 2 rings (SSSR count). The van der Waals surface area contributed by atoms with Crippen molar-refractivity contribution in [1.82, 2.24) is 9.97 Å². The molecule has 6 nitrogen and oxygen atoms in total. The smallest absolute Gasteiger partial charge is 0.235 e. The molecule has 0 saturated heterocycles. The largest absolute Gasteiger partial charge is 0.339 e. The molecule has 0 saturated carbocycles. The second-order valence-corrected chi connectivity index (χ2v) is 3.99. The van der Waals surface area contributed by atoms with Crippen LogP contribution in [0.25, 0.3) is 0 Å². The lowest BCUT2D eigenvalue weighted by atomic mass is 10.2. The molecule has 0 aliphatic heterocycles. The molecule has 96 valence electrons. The van der Waals surface area contributed by atoms with E-state index in [0.717, 1.165) is 5.56 Å². The highest BCUT2D eigenvalue weighted by Crippen LogP contribution is 2.20. The third-order valence-corrected chi connectivity index (χ3v) is 2.55. The lowest BCUT2D eigenvalue weighted by Gasteiger charge is -2.09. The predicted octanol–water partition coefficient (Wildman–Crippen LogP) is 2.08. The van der Waals surface area contributed by atoms with E-state index in [4.69, 9.17) is 10.5 Å². The Morgan fingerprint density at radius 3 is 2.65 bits per heavy atom. The molecule has 0 amide bonds. The maximum Gasteiger partial charge on any atom is 0.235 e. The molecule has 0 fully saturated rings. The van der Waals surface area contributed by atoms with Gasteiger partial charge in [-0.05, 0) is 24.6 Å². The van der Waals surface area contributed by atoms with Crippen LogP contribution in [0.1, 0.15) is 27.4 Å². The molecule has 1 N–H and O–H groups in total. The van der Waals surface area contributed by atoms with E-state index >= 15 is 0 Å². The first-order chi connectivity index (χ1) is 9.67. The maximum absolute atomic E-state index is 11.1. The van der Waals surface area contributed by atoms with Gasteiger partial charge in [0.25, 0.3) is 0 Å². The molecule has 0 spiro atoms. The van der Waals surface area contributed by atoms with Crippen molar-refractivity contribution in [2.24, 2.45) is 0 Å². The number of nitrogens with zero attached hydrogens (tertiary/aromatic N) is 4. The van der Waals surface area contributed by atoms with Crippen LogP contribution in [0.3, 0.4) is 0 Å². The fourth-order valence-electron chi connectivity index (χ4n) is 1.67. The zero-order chi connectivity index (χ0) is 14.5. The highest BCUT2D eigenvalue weighted by Gasteiger charge is 2.14. The Balaban J connectivity index is 2.53. The fraction of sp³-hybridized carbons (Fsp3) is 0.0714. The molecule has 0 bridgehead atoms. The number of nitriles is 2. The van der Waals surface area contributed by atoms with Crippen molar-refractivity contribution in [2.75, 3.05) is 5.32 Å². The summed E-state index contributed by atoms with van der Waals surface area (Å²) in [5, 5.41) is 20.8. The number of aromatic nitrogens is 2. The Hall–Kier alpha value is -3.25. The Kier molecular flexibility index (Phi) is 3.69. The lowest BCUT2D eigenvalue weighted by Crippen LogP contribution is -2.06. The second kappa shape index (κ2) is 5.59. The Morgan fingerprint density at radius 2 is 2.05 bits per heavy atom. The summed E-state index contributed by atoms with van der Waals surface area (Å²) < 4.78 is 0. The standard InChI is InChI=1S/C14H9N5O/c1-9-3-2-4-10(5-9)17-14-11(8-20)12(6-15)18-13(7-16)19-14/h2-5,8H,1H3,(H,17,18,19). The van der Waals surface area contributed by atoms with Crippen molar-refractivity contribution in [3.8, 4) is 12.1 Å². The van der Waals surface area contributed by atoms with Crippen LogP contribution in [0.15, 0.2) is 24.3 Å². The van der Waals surface area contributed by atoms with Gasteiger partial charge in [0.2, 0.25) is 5.82 Å². The molecule has 0 aliphatic rings. The van der Waals surface area contributed by atoms with Gasteiger partial charge in [0.05, 0.1) is 5.56 Å². The molecule has 6 heteroatoms. The van der Waals surface area contributed by atoms with E-state index in [1.807, 2.05) is 25.1 Å². The minimum atomic E-state index is -0.165. The quantitative estimate of drug-likeness (QED) is 0.850. The van der Waals surface area contributed by atoms with Gasteiger partial charge in [-0.25, -0.2) is 9.97 Å². The first-order valence-electron chi connectivity index (χ1n) is 5.69. The molecule has 1 heterocycles. The summed E-state index contributed by atoms with van der Waals surface area (Å²) in [6, 6.07) is 11.0. The fourth-order valence-corrected chi connectivity index (χ4v) is 1.67. The molecule has 1 aromatic carbocycles. The van der Waals surface area contributed by atoms with E-state index < -0.39 is 0 Å². The van der Waals surface area contributed by atoms with Crippen LogP contribution >= 0.6 is 0 Å². The minimum absolute atomic E-state index is 0.0352. The van der Waals surface area contributed by atoms with E-state index in [-0.39, 0.29) is 22.9 Å². The van der Waals surface area contributed by atoms with E-state index in [1.165, 1.54) is 0 Å². The average Bonchev–Trinajstić information content (AvgIpc) is 2.46. The summed E-state index contributed by atoms with van der Waals surface area (Å²) in [4.78, 5) is 18.7. The Bertz CT molecular complexity index is 755. The van der Waals surface area contributed by atoms with Crippen LogP contribution < -0.4 is 5.32 Å². The van der Waals surface area contributed by atoms with Gasteiger partial charge < -0.3 is 5.32 Å². The normalized spacial score (nSPS) is 9.35. The zero-order valence-electron chi connectivity index (χ0n) is 10.6. The number of aryl methyl sites for hydroxylation is 1. The van der Waals surface area contributed by atoms with E-state index in [9.17, 15) is 4.79 Å². The molecule has 0 radical (unpaired) electrons. The molecule has 0 aliphatic carbocycles. The van der Waals surface area contributed by atoms with Crippen LogP contribution in [0.2, 0.25) is 0 Å². The van der Waals surface area contributed by atoms with Crippen LogP contribution in [0.4, 0.5) is 11.5 Å². The number of carbonyl (C=O) groups excluding carboxylic acids is 1. The SMILES string of the molecule is Cc1cccc(Nc2nc(C#N)nc(C#N)c2C=O)c1. The summed E-state index contributed by atoms with van der Waals surface area (Å²) in [7, 11) is 0. The van der Waals surface area contributed by atoms with Gasteiger partial charge in [0, 0.05) is 5.69 Å². The van der Waals surface area contributed by atoms with Crippen molar-refractivity contribution in [1.29, 1.82) is 10.5 Å². The topological polar surface area (TPSA) is 102 Å². The summed E-state index contributed by atoms with van der Waals surface area (Å²) in [5.41, 5.74) is 1.65. The summed E-state index contributed by atoms with van der Waals surface area (Å²) >= 11 is 0. The molecule has 0 unspecified atom stereocenters. The molecule has 0 atom stereocenters. The van der Waals surface area contributed by atoms with Crippen LogP contribution in [-0.2, 0) is 0 Å². The van der Waals surface area contributed by atoms with Crippen molar-refractivity contribution in [3.63, 3.8) is 0 Å². The predicted molar refractivity (Wildman–Crippen MR) is 71.3 cm³/mol. The first-order valence-corrected chi connectivity index (χ1v) is 5.69. The minimum Gasteiger partial charge on any atom is -0.339 e. The number of carbonyl (C=O) groups is 1. The third-order valence-electron chi connectivity index (χ3n) is 2.55. The van der Waals surface area contributed by atoms with E-state index in [1.54, 1.807) is 18.2 Å². The molecule has 1 aromatic heterocycles. The van der Waals surface area contributed by atoms with Crippen molar-refractivity contribution < 1.29 is 4.79 Å². The van der Waals surface area contributed by atoms with E-state index in [2.05, 4.69) is 15.3 Å².